The Kier molecular flexibility index (Phi) is 5.10. The van der Waals surface area contributed by atoms with Crippen molar-refractivity contribution in [1.82, 2.24) is 20.6 Å². The lowest BCUT2D eigenvalue weighted by Gasteiger charge is -2.29. The molecule has 174 valence electrons. The third-order valence-electron chi connectivity index (χ3n) is 7.13. The number of fused-ring (bicyclic) bond motifs is 2. The summed E-state index contributed by atoms with van der Waals surface area (Å²) in [5, 5.41) is 9.80. The summed E-state index contributed by atoms with van der Waals surface area (Å²) in [5.41, 5.74) is 8.41. The summed E-state index contributed by atoms with van der Waals surface area (Å²) in [7, 11) is 2.08. The minimum atomic E-state index is -0.0442. The Morgan fingerprint density at radius 1 is 0.971 bits per heavy atom. The number of anilines is 4. The van der Waals surface area contributed by atoms with E-state index in [1.807, 2.05) is 24.5 Å². The summed E-state index contributed by atoms with van der Waals surface area (Å²) >= 11 is 0. The number of likely N-dealkylation sites (N-methyl/N-ethyl adjacent to an activating group) is 1. The Hall–Kier alpha value is -3.65. The molecule has 0 saturated carbocycles. The number of benzene rings is 1. The molecule has 8 heteroatoms. The fraction of sp³-hybridized carbons (Fsp3) is 0.346. The van der Waals surface area contributed by atoms with E-state index >= 15 is 0 Å². The molecule has 1 amide bonds. The third kappa shape index (κ3) is 3.45. The number of rotatable bonds is 4. The Bertz CT molecular complexity index is 1270. The summed E-state index contributed by atoms with van der Waals surface area (Å²) in [6.45, 7) is 7.55. The van der Waals surface area contributed by atoms with Crippen LogP contribution < -0.4 is 25.8 Å². The average Bonchev–Trinajstić information content (AvgIpc) is 3.44. The lowest BCUT2D eigenvalue weighted by Crippen LogP contribution is -2.43. The molecular weight excluding hydrogens is 426 g/mol. The summed E-state index contributed by atoms with van der Waals surface area (Å²) in [6.07, 6.45) is 4.82. The minimum Gasteiger partial charge on any atom is -0.368 e. The molecule has 2 aromatic heterocycles. The van der Waals surface area contributed by atoms with Gasteiger partial charge in [0.25, 0.3) is 5.91 Å². The first-order chi connectivity index (χ1) is 16.6. The second kappa shape index (κ2) is 8.29. The molecule has 0 aliphatic carbocycles. The molecule has 0 spiro atoms. The number of nitrogens with zero attached hydrogens (tertiary/aromatic N) is 4. The number of amides is 1. The van der Waals surface area contributed by atoms with Gasteiger partial charge in [0.1, 0.15) is 11.6 Å². The van der Waals surface area contributed by atoms with Crippen molar-refractivity contribution in [3.8, 4) is 11.1 Å². The van der Waals surface area contributed by atoms with E-state index in [4.69, 9.17) is 0 Å². The molecule has 34 heavy (non-hydrogen) atoms. The van der Waals surface area contributed by atoms with Crippen molar-refractivity contribution >= 4 is 28.9 Å². The van der Waals surface area contributed by atoms with Crippen molar-refractivity contribution in [2.45, 2.75) is 19.9 Å². The number of piperazine rings is 1. The predicted octanol–water partition coefficient (Wildman–Crippen LogP) is 2.84. The molecule has 1 fully saturated rings. The van der Waals surface area contributed by atoms with Crippen molar-refractivity contribution in [2.24, 2.45) is 0 Å². The Labute approximate surface area is 199 Å². The van der Waals surface area contributed by atoms with Crippen LogP contribution in [0.1, 0.15) is 27.0 Å². The topological polar surface area (TPSA) is 85.4 Å². The van der Waals surface area contributed by atoms with Crippen LogP contribution in [0.5, 0.6) is 0 Å². The number of nitrogens with one attached hydrogen (secondary N) is 3. The SMILES string of the molecule is Cc1cnc2c(c1-c1ccc(Nc3ccc(N4CCNCC4)cn3)c3c1CNC3=O)CCN2C. The van der Waals surface area contributed by atoms with E-state index in [1.54, 1.807) is 0 Å². The second-order valence-electron chi connectivity index (χ2n) is 9.25. The van der Waals surface area contributed by atoms with E-state index in [9.17, 15) is 4.79 Å². The van der Waals surface area contributed by atoms with Gasteiger partial charge in [0, 0.05) is 58.1 Å². The highest BCUT2D eigenvalue weighted by Gasteiger charge is 2.30. The highest BCUT2D eigenvalue weighted by molar-refractivity contribution is 6.06. The summed E-state index contributed by atoms with van der Waals surface area (Å²) in [6, 6.07) is 8.23. The van der Waals surface area contributed by atoms with Crippen LogP contribution in [0, 0.1) is 6.92 Å². The first-order valence-corrected chi connectivity index (χ1v) is 11.9. The Morgan fingerprint density at radius 3 is 2.62 bits per heavy atom. The predicted molar refractivity (Wildman–Crippen MR) is 135 cm³/mol. The highest BCUT2D eigenvalue weighted by Crippen LogP contribution is 2.41. The first-order valence-electron chi connectivity index (χ1n) is 11.9. The Morgan fingerprint density at radius 2 is 1.82 bits per heavy atom. The summed E-state index contributed by atoms with van der Waals surface area (Å²) in [5.74, 6) is 1.73. The zero-order valence-corrected chi connectivity index (χ0v) is 19.6. The number of carbonyl (C=O) groups excluding carboxylic acids is 1. The molecule has 3 aliphatic heterocycles. The molecule has 3 aliphatic rings. The van der Waals surface area contributed by atoms with Crippen LogP contribution in [-0.4, -0.2) is 55.6 Å². The number of hydrogen-bond acceptors (Lipinski definition) is 7. The monoisotopic (exact) mass is 455 g/mol. The molecule has 3 N–H and O–H groups in total. The van der Waals surface area contributed by atoms with Crippen molar-refractivity contribution < 1.29 is 4.79 Å². The maximum atomic E-state index is 12.9. The fourth-order valence-electron chi connectivity index (χ4n) is 5.37. The van der Waals surface area contributed by atoms with Gasteiger partial charge >= 0.3 is 0 Å². The first kappa shape index (κ1) is 20.9. The van der Waals surface area contributed by atoms with Crippen LogP contribution in [0.25, 0.3) is 11.1 Å². The van der Waals surface area contributed by atoms with E-state index in [2.05, 4.69) is 61.8 Å². The van der Waals surface area contributed by atoms with Gasteiger partial charge in [-0.15, -0.1) is 0 Å². The highest BCUT2D eigenvalue weighted by atomic mass is 16.1. The van der Waals surface area contributed by atoms with Gasteiger partial charge in [0.05, 0.1) is 23.1 Å². The molecule has 8 nitrogen and oxygen atoms in total. The second-order valence-corrected chi connectivity index (χ2v) is 9.25. The van der Waals surface area contributed by atoms with Crippen molar-refractivity contribution in [1.29, 1.82) is 0 Å². The molecule has 3 aromatic rings. The van der Waals surface area contributed by atoms with Gasteiger partial charge in [-0.1, -0.05) is 6.07 Å². The van der Waals surface area contributed by atoms with Gasteiger partial charge in [-0.25, -0.2) is 9.97 Å². The molecule has 0 atom stereocenters. The van der Waals surface area contributed by atoms with Crippen molar-refractivity contribution in [2.75, 3.05) is 54.9 Å². The molecule has 0 radical (unpaired) electrons. The molecule has 1 aromatic carbocycles. The summed E-state index contributed by atoms with van der Waals surface area (Å²) in [4.78, 5) is 26.7. The van der Waals surface area contributed by atoms with Gasteiger partial charge in [0.15, 0.2) is 0 Å². The van der Waals surface area contributed by atoms with E-state index in [0.29, 0.717) is 12.1 Å². The number of aryl methyl sites for hydroxylation is 1. The number of aromatic nitrogens is 2. The minimum absolute atomic E-state index is 0.0442. The molecular formula is C26H29N7O. The number of carbonyl (C=O) groups is 1. The lowest BCUT2D eigenvalue weighted by molar-refractivity contribution is 0.0966. The van der Waals surface area contributed by atoms with Crippen molar-refractivity contribution in [3.63, 3.8) is 0 Å². The number of pyridine rings is 2. The van der Waals surface area contributed by atoms with E-state index in [0.717, 1.165) is 78.8 Å². The maximum absolute atomic E-state index is 12.9. The normalized spacial score (nSPS) is 16.9. The van der Waals surface area contributed by atoms with E-state index in [-0.39, 0.29) is 5.91 Å². The lowest BCUT2D eigenvalue weighted by atomic mass is 9.90. The van der Waals surface area contributed by atoms with Crippen LogP contribution in [0.4, 0.5) is 23.0 Å². The molecule has 6 rings (SSSR count). The largest absolute Gasteiger partial charge is 0.368 e. The van der Waals surface area contributed by atoms with Gasteiger partial charge in [-0.2, -0.15) is 0 Å². The van der Waals surface area contributed by atoms with Crippen LogP contribution in [0.15, 0.2) is 36.7 Å². The van der Waals surface area contributed by atoms with E-state index < -0.39 is 0 Å². The fourth-order valence-corrected chi connectivity index (χ4v) is 5.37. The zero-order chi connectivity index (χ0) is 23.2. The Balaban J connectivity index is 1.35. The standard InChI is InChI=1S/C26H29N7O/c1-16-13-29-25-19(7-10-32(25)2)23(16)18-4-5-21(24-20(18)15-30-26(24)34)31-22-6-3-17(14-28-22)33-11-8-27-9-12-33/h3-6,13-14,27H,7-12,15H2,1-2H3,(H,28,31)(H,30,34). The van der Waals surface area contributed by atoms with Crippen LogP contribution in [0.3, 0.4) is 0 Å². The molecule has 0 unspecified atom stereocenters. The van der Waals surface area contributed by atoms with E-state index in [1.165, 1.54) is 11.1 Å². The summed E-state index contributed by atoms with van der Waals surface area (Å²) < 4.78 is 0. The number of hydrogen-bond donors (Lipinski definition) is 3. The molecule has 5 heterocycles. The maximum Gasteiger partial charge on any atom is 0.254 e. The van der Waals surface area contributed by atoms with Crippen LogP contribution >= 0.6 is 0 Å². The van der Waals surface area contributed by atoms with Crippen molar-refractivity contribution in [3.05, 3.63) is 58.9 Å². The average molecular weight is 456 g/mol. The van der Waals surface area contributed by atoms with Gasteiger partial charge < -0.3 is 25.8 Å². The van der Waals surface area contributed by atoms with Crippen LogP contribution in [0.2, 0.25) is 0 Å². The molecule has 0 bridgehead atoms. The molecule has 1 saturated heterocycles. The van der Waals surface area contributed by atoms with Gasteiger partial charge in [-0.3, -0.25) is 4.79 Å². The zero-order valence-electron chi connectivity index (χ0n) is 19.6. The van der Waals surface area contributed by atoms with Gasteiger partial charge in [0.2, 0.25) is 0 Å². The third-order valence-corrected chi connectivity index (χ3v) is 7.13. The quantitative estimate of drug-likeness (QED) is 0.558. The van der Waals surface area contributed by atoms with Gasteiger partial charge in [-0.05, 0) is 53.8 Å². The smallest absolute Gasteiger partial charge is 0.254 e. The van der Waals surface area contributed by atoms with Crippen LogP contribution in [-0.2, 0) is 13.0 Å².